The Morgan fingerprint density at radius 1 is 1.27 bits per heavy atom. The second-order valence-electron chi connectivity index (χ2n) is 8.48. The van der Waals surface area contributed by atoms with Crippen molar-refractivity contribution in [1.82, 2.24) is 29.4 Å². The van der Waals surface area contributed by atoms with Gasteiger partial charge in [0.15, 0.2) is 5.82 Å². The molecular weight excluding hydrogens is 440 g/mol. The average molecular weight is 463 g/mol. The number of nitrogens with zero attached hydrogens (tertiary/aromatic N) is 8. The summed E-state index contributed by atoms with van der Waals surface area (Å²) < 4.78 is 1.47. The van der Waals surface area contributed by atoms with E-state index in [1.165, 1.54) is 10.7 Å². The number of halogens is 1. The maximum atomic E-state index is 9.59. The lowest BCUT2D eigenvalue weighted by atomic mass is 10.1. The van der Waals surface area contributed by atoms with Gasteiger partial charge in [-0.25, -0.2) is 4.98 Å². The highest BCUT2D eigenvalue weighted by Crippen LogP contribution is 2.32. The monoisotopic (exact) mass is 462 g/mol. The van der Waals surface area contributed by atoms with Gasteiger partial charge in [0.05, 0.1) is 28.5 Å². The largest absolute Gasteiger partial charge is 0.362 e. The van der Waals surface area contributed by atoms with Gasteiger partial charge in [0.25, 0.3) is 17.4 Å². The van der Waals surface area contributed by atoms with Gasteiger partial charge in [0.1, 0.15) is 0 Å². The fraction of sp³-hybridized carbons (Fsp3) is 0.409. The van der Waals surface area contributed by atoms with Crippen LogP contribution in [0.3, 0.4) is 0 Å². The predicted molar refractivity (Wildman–Crippen MR) is 126 cm³/mol. The van der Waals surface area contributed by atoms with E-state index in [4.69, 9.17) is 18.2 Å². The highest BCUT2D eigenvalue weighted by molar-refractivity contribution is 6.34. The van der Waals surface area contributed by atoms with E-state index in [9.17, 15) is 5.26 Å². The van der Waals surface area contributed by atoms with E-state index in [-0.39, 0.29) is 5.95 Å². The summed E-state index contributed by atoms with van der Waals surface area (Å²) in [7, 11) is 2.12. The number of nitriles is 1. The summed E-state index contributed by atoms with van der Waals surface area (Å²) in [4.78, 5) is 17.0. The molecule has 0 spiro atoms. The maximum Gasteiger partial charge on any atom is 0.275 e. The lowest BCUT2D eigenvalue weighted by molar-refractivity contribution is 0.148. The van der Waals surface area contributed by atoms with Crippen molar-refractivity contribution in [3.63, 3.8) is 0 Å². The topological polar surface area (TPSA) is 102 Å². The van der Waals surface area contributed by atoms with Crippen molar-refractivity contribution < 1.29 is 0 Å². The summed E-state index contributed by atoms with van der Waals surface area (Å²) in [5, 5.41) is 21.1. The van der Waals surface area contributed by atoms with E-state index in [0.717, 1.165) is 44.6 Å². The molecule has 10 nitrogen and oxygen atoms in total. The minimum absolute atomic E-state index is 0.274. The van der Waals surface area contributed by atoms with Crippen LogP contribution in [0.15, 0.2) is 18.3 Å². The Labute approximate surface area is 196 Å². The molecule has 0 atom stereocenters. The Hall–Kier alpha value is -3.44. The van der Waals surface area contributed by atoms with Crippen molar-refractivity contribution in [2.24, 2.45) is 0 Å². The zero-order chi connectivity index (χ0) is 22.9. The first kappa shape index (κ1) is 21.4. The molecule has 5 rings (SSSR count). The molecule has 2 fully saturated rings. The number of benzene rings is 1. The molecule has 0 amide bonds. The Morgan fingerprint density at radius 3 is 2.76 bits per heavy atom. The van der Waals surface area contributed by atoms with Gasteiger partial charge in [-0.1, -0.05) is 23.3 Å². The third kappa shape index (κ3) is 4.55. The number of hydrogen-bond donors (Lipinski definition) is 2. The van der Waals surface area contributed by atoms with Crippen molar-refractivity contribution in [3.8, 4) is 6.07 Å². The number of nitrogens with one attached hydrogen (secondary N) is 2. The Morgan fingerprint density at radius 2 is 2.06 bits per heavy atom. The molecule has 3 aromatic rings. The third-order valence-corrected chi connectivity index (χ3v) is 6.34. The highest BCUT2D eigenvalue weighted by atomic mass is 35.5. The highest BCUT2D eigenvalue weighted by Gasteiger charge is 2.26. The first-order valence-electron chi connectivity index (χ1n) is 10.8. The first-order valence-corrected chi connectivity index (χ1v) is 11.2. The van der Waals surface area contributed by atoms with Crippen LogP contribution in [0.5, 0.6) is 0 Å². The second-order valence-corrected chi connectivity index (χ2v) is 8.86. The van der Waals surface area contributed by atoms with Gasteiger partial charge in [0, 0.05) is 38.8 Å². The lowest BCUT2D eigenvalue weighted by Gasteiger charge is -2.32. The van der Waals surface area contributed by atoms with Crippen LogP contribution in [0.2, 0.25) is 5.02 Å². The number of anilines is 3. The molecule has 1 saturated heterocycles. The predicted octanol–water partition coefficient (Wildman–Crippen LogP) is 3.27. The number of likely N-dealkylation sites (N-methyl/N-ethyl adjacent to an activating group) is 1. The number of piperazine rings is 1. The molecule has 0 radical (unpaired) electrons. The van der Waals surface area contributed by atoms with Crippen molar-refractivity contribution >= 4 is 40.5 Å². The van der Waals surface area contributed by atoms with E-state index < -0.39 is 0 Å². The average Bonchev–Trinajstić information content (AvgIpc) is 3.53. The molecule has 0 unspecified atom stereocenters. The molecule has 1 saturated carbocycles. The SMILES string of the molecule is [C-]#[N+]c1cnc2c(NC3CC3)nc(Nc3cc(C#N)cc(CN4CCN(C)CC4)c3Cl)nn12. The van der Waals surface area contributed by atoms with Crippen LogP contribution >= 0.6 is 11.6 Å². The Kier molecular flexibility index (Phi) is 5.73. The fourth-order valence-corrected chi connectivity index (χ4v) is 4.06. The zero-order valence-electron chi connectivity index (χ0n) is 18.2. The molecule has 2 aliphatic rings. The quantitative estimate of drug-likeness (QED) is 0.538. The zero-order valence-corrected chi connectivity index (χ0v) is 19.0. The smallest absolute Gasteiger partial charge is 0.275 e. The number of rotatable bonds is 6. The van der Waals surface area contributed by atoms with Crippen LogP contribution < -0.4 is 10.6 Å². The van der Waals surface area contributed by atoms with Gasteiger partial charge in [-0.15, -0.1) is 4.52 Å². The van der Waals surface area contributed by atoms with Crippen LogP contribution in [-0.4, -0.2) is 68.7 Å². The van der Waals surface area contributed by atoms with Gasteiger partial charge < -0.3 is 20.4 Å². The molecule has 2 N–H and O–H groups in total. The molecule has 3 heterocycles. The Balaban J connectivity index is 1.48. The molecule has 2 aromatic heterocycles. The van der Waals surface area contributed by atoms with E-state index >= 15 is 0 Å². The van der Waals surface area contributed by atoms with E-state index in [1.54, 1.807) is 6.07 Å². The lowest BCUT2D eigenvalue weighted by Crippen LogP contribution is -2.43. The van der Waals surface area contributed by atoms with Crippen LogP contribution in [0.25, 0.3) is 10.5 Å². The minimum Gasteiger partial charge on any atom is -0.362 e. The minimum atomic E-state index is 0.274. The van der Waals surface area contributed by atoms with E-state index in [2.05, 4.69) is 53.5 Å². The summed E-state index contributed by atoms with van der Waals surface area (Å²) >= 11 is 6.78. The molecule has 1 aromatic carbocycles. The van der Waals surface area contributed by atoms with Crippen molar-refractivity contribution in [3.05, 3.63) is 45.9 Å². The van der Waals surface area contributed by atoms with Crippen LogP contribution in [-0.2, 0) is 6.54 Å². The number of fused-ring (bicyclic) bond motifs is 1. The van der Waals surface area contributed by atoms with E-state index in [0.29, 0.717) is 46.1 Å². The molecule has 11 heteroatoms. The number of imidazole rings is 1. The van der Waals surface area contributed by atoms with Gasteiger partial charge in [0.2, 0.25) is 0 Å². The number of aromatic nitrogens is 4. The molecular formula is C22H23ClN10. The Bertz CT molecular complexity index is 1280. The molecule has 168 valence electrons. The van der Waals surface area contributed by atoms with Crippen molar-refractivity contribution in [2.45, 2.75) is 25.4 Å². The molecule has 1 aliphatic carbocycles. The molecule has 33 heavy (non-hydrogen) atoms. The van der Waals surface area contributed by atoms with Crippen LogP contribution in [0.1, 0.15) is 24.0 Å². The van der Waals surface area contributed by atoms with Gasteiger partial charge in [-0.2, -0.15) is 10.2 Å². The first-order chi connectivity index (χ1) is 16.0. The summed E-state index contributed by atoms with van der Waals surface area (Å²) in [6.45, 7) is 12.0. The summed E-state index contributed by atoms with van der Waals surface area (Å²) in [5.74, 6) is 1.13. The summed E-state index contributed by atoms with van der Waals surface area (Å²) in [6, 6.07) is 6.10. The normalized spacial score (nSPS) is 17.0. The van der Waals surface area contributed by atoms with Crippen molar-refractivity contribution in [1.29, 1.82) is 5.26 Å². The molecule has 1 aliphatic heterocycles. The summed E-state index contributed by atoms with van der Waals surface area (Å²) in [5.41, 5.74) is 2.45. The van der Waals surface area contributed by atoms with Gasteiger partial charge in [-0.3, -0.25) is 4.90 Å². The van der Waals surface area contributed by atoms with Crippen LogP contribution in [0.4, 0.5) is 23.3 Å². The summed E-state index contributed by atoms with van der Waals surface area (Å²) in [6.07, 6.45) is 3.62. The van der Waals surface area contributed by atoms with Crippen molar-refractivity contribution in [2.75, 3.05) is 43.9 Å². The van der Waals surface area contributed by atoms with Gasteiger partial charge >= 0.3 is 0 Å². The second kappa shape index (κ2) is 8.83. The van der Waals surface area contributed by atoms with E-state index in [1.807, 2.05) is 6.07 Å². The van der Waals surface area contributed by atoms with Gasteiger partial charge in [-0.05, 0) is 37.6 Å². The number of hydrogen-bond acceptors (Lipinski definition) is 8. The molecule has 0 bridgehead atoms. The maximum absolute atomic E-state index is 9.59. The fourth-order valence-electron chi connectivity index (χ4n) is 3.84. The third-order valence-electron chi connectivity index (χ3n) is 5.89. The standard InChI is InChI=1S/C22H23ClN10/c1-25-18-12-26-21-20(27-16-3-4-16)29-22(30-33(18)21)28-17-10-14(11-24)9-15(19(17)23)13-32-7-5-31(2)6-8-32/h9-10,12,16H,3-8,13H2,2H3,(H2,27,28,29,30). The van der Waals surface area contributed by atoms with Crippen LogP contribution in [0, 0.1) is 17.9 Å².